The third-order valence-electron chi connectivity index (χ3n) is 4.71. The summed E-state index contributed by atoms with van der Waals surface area (Å²) in [5, 5.41) is 2.92. The molecule has 1 aliphatic carbocycles. The molecule has 3 rings (SSSR count). The number of pyridine rings is 1. The lowest BCUT2D eigenvalue weighted by Crippen LogP contribution is -2.38. The molecule has 0 aliphatic heterocycles. The van der Waals surface area contributed by atoms with Gasteiger partial charge in [-0.15, -0.1) is 0 Å². The van der Waals surface area contributed by atoms with E-state index in [0.29, 0.717) is 18.0 Å². The van der Waals surface area contributed by atoms with Crippen molar-refractivity contribution in [1.82, 2.24) is 10.3 Å². The summed E-state index contributed by atoms with van der Waals surface area (Å²) in [5.41, 5.74) is 3.60. The van der Waals surface area contributed by atoms with E-state index in [-0.39, 0.29) is 17.4 Å². The molecule has 1 saturated carbocycles. The number of nitrogens with one attached hydrogen (secondary N) is 2. The summed E-state index contributed by atoms with van der Waals surface area (Å²) in [7, 11) is 0. The molecule has 0 spiro atoms. The van der Waals surface area contributed by atoms with E-state index < -0.39 is 0 Å². The quantitative estimate of drug-likeness (QED) is 0.912. The molecule has 1 aromatic heterocycles. The molecule has 0 radical (unpaired) electrons. The predicted molar refractivity (Wildman–Crippen MR) is 90.3 cm³/mol. The van der Waals surface area contributed by atoms with E-state index in [1.54, 1.807) is 0 Å². The molecule has 2 aromatic rings. The van der Waals surface area contributed by atoms with Crippen molar-refractivity contribution in [3.8, 4) is 0 Å². The molecule has 1 amide bonds. The second-order valence-corrected chi connectivity index (χ2v) is 6.44. The van der Waals surface area contributed by atoms with Crippen LogP contribution in [0.15, 0.2) is 41.2 Å². The highest BCUT2D eigenvalue weighted by Crippen LogP contribution is 2.41. The minimum absolute atomic E-state index is 0.0524. The van der Waals surface area contributed by atoms with Crippen molar-refractivity contribution in [3.05, 3.63) is 69.1 Å². The number of amides is 1. The Morgan fingerprint density at radius 3 is 2.57 bits per heavy atom. The van der Waals surface area contributed by atoms with Crippen LogP contribution in [0.4, 0.5) is 0 Å². The Hall–Kier alpha value is -2.36. The zero-order valence-corrected chi connectivity index (χ0v) is 13.6. The monoisotopic (exact) mass is 310 g/mol. The first-order valence-electron chi connectivity index (χ1n) is 8.06. The Kier molecular flexibility index (Phi) is 4.33. The third kappa shape index (κ3) is 3.36. The molecule has 0 atom stereocenters. The van der Waals surface area contributed by atoms with E-state index in [1.807, 2.05) is 38.1 Å². The summed E-state index contributed by atoms with van der Waals surface area (Å²) < 4.78 is 0. The highest BCUT2D eigenvalue weighted by Gasteiger charge is 2.35. The number of aromatic amines is 1. The first-order chi connectivity index (χ1) is 11.0. The van der Waals surface area contributed by atoms with Gasteiger partial charge < -0.3 is 10.3 Å². The fourth-order valence-corrected chi connectivity index (χ4v) is 3.25. The van der Waals surface area contributed by atoms with E-state index >= 15 is 0 Å². The number of hydrogen-bond acceptors (Lipinski definition) is 2. The first kappa shape index (κ1) is 15.5. The number of H-pyrrole nitrogens is 1. The van der Waals surface area contributed by atoms with Crippen LogP contribution < -0.4 is 10.9 Å². The molecular formula is C19H22N2O2. The molecular weight excluding hydrogens is 288 g/mol. The maximum atomic E-state index is 12.2. The zero-order valence-electron chi connectivity index (χ0n) is 13.6. The summed E-state index contributed by atoms with van der Waals surface area (Å²) in [6.45, 7) is 4.06. The van der Waals surface area contributed by atoms with Crippen LogP contribution in [0.2, 0.25) is 0 Å². The lowest BCUT2D eigenvalue weighted by molar-refractivity contribution is -0.128. The van der Waals surface area contributed by atoms with Crippen molar-refractivity contribution in [1.29, 1.82) is 0 Å². The van der Waals surface area contributed by atoms with Crippen LogP contribution in [-0.2, 0) is 11.3 Å². The Morgan fingerprint density at radius 1 is 1.22 bits per heavy atom. The second kappa shape index (κ2) is 6.41. The van der Waals surface area contributed by atoms with E-state index in [2.05, 4.69) is 22.4 Å². The summed E-state index contributed by atoms with van der Waals surface area (Å²) in [4.78, 5) is 27.0. The van der Waals surface area contributed by atoms with Crippen LogP contribution in [0.5, 0.6) is 0 Å². The van der Waals surface area contributed by atoms with Gasteiger partial charge in [0.1, 0.15) is 0 Å². The predicted octanol–water partition coefficient (Wildman–Crippen LogP) is 2.80. The molecule has 4 heteroatoms. The number of hydrogen-bond donors (Lipinski definition) is 2. The van der Waals surface area contributed by atoms with Crippen LogP contribution in [0.3, 0.4) is 0 Å². The van der Waals surface area contributed by atoms with Gasteiger partial charge in [-0.05, 0) is 49.8 Å². The summed E-state index contributed by atoms with van der Waals surface area (Å²) >= 11 is 0. The van der Waals surface area contributed by atoms with Gasteiger partial charge in [-0.1, -0.05) is 30.3 Å². The average Bonchev–Trinajstić information content (AvgIpc) is 2.45. The highest BCUT2D eigenvalue weighted by atomic mass is 16.2. The fraction of sp³-hybridized carbons (Fsp3) is 0.368. The van der Waals surface area contributed by atoms with Gasteiger partial charge in [-0.25, -0.2) is 0 Å². The fourth-order valence-electron chi connectivity index (χ4n) is 3.25. The number of benzene rings is 1. The van der Waals surface area contributed by atoms with Gasteiger partial charge in [-0.3, -0.25) is 9.59 Å². The average molecular weight is 310 g/mol. The van der Waals surface area contributed by atoms with Crippen molar-refractivity contribution >= 4 is 5.91 Å². The first-order valence-corrected chi connectivity index (χ1v) is 8.06. The van der Waals surface area contributed by atoms with Gasteiger partial charge in [0.05, 0.1) is 0 Å². The van der Waals surface area contributed by atoms with Gasteiger partial charge in [-0.2, -0.15) is 0 Å². The Morgan fingerprint density at radius 2 is 1.91 bits per heavy atom. The smallest absolute Gasteiger partial charge is 0.253 e. The molecule has 0 unspecified atom stereocenters. The third-order valence-corrected chi connectivity index (χ3v) is 4.71. The molecule has 1 aliphatic rings. The van der Waals surface area contributed by atoms with Gasteiger partial charge in [0, 0.05) is 23.7 Å². The summed E-state index contributed by atoms with van der Waals surface area (Å²) in [6, 6.07) is 12.2. The minimum atomic E-state index is -0.112. The van der Waals surface area contributed by atoms with Crippen molar-refractivity contribution in [2.45, 2.75) is 39.2 Å². The summed E-state index contributed by atoms with van der Waals surface area (Å²) in [6.07, 6.45) is 1.78. The van der Waals surface area contributed by atoms with Crippen molar-refractivity contribution in [2.24, 2.45) is 5.92 Å². The minimum Gasteiger partial charge on any atom is -0.352 e. The SMILES string of the molecule is Cc1cc(C)c(CNC(=O)C2CC(c3ccccc3)C2)c(=O)[nH]1. The standard InChI is InChI=1S/C19H22N2O2/c1-12-8-13(2)21-19(23)17(12)11-20-18(22)16-9-15(10-16)14-6-4-3-5-7-14/h3-8,15-16H,9-11H2,1-2H3,(H,20,22)(H,21,23). The zero-order chi connectivity index (χ0) is 16.4. The van der Waals surface area contributed by atoms with Gasteiger partial charge in [0.25, 0.3) is 5.56 Å². The molecule has 1 fully saturated rings. The van der Waals surface area contributed by atoms with E-state index in [0.717, 1.165) is 24.1 Å². The lowest BCUT2D eigenvalue weighted by Gasteiger charge is -2.34. The molecule has 23 heavy (non-hydrogen) atoms. The lowest BCUT2D eigenvalue weighted by atomic mass is 9.71. The van der Waals surface area contributed by atoms with Crippen LogP contribution in [0.25, 0.3) is 0 Å². The Balaban J connectivity index is 1.55. The number of aryl methyl sites for hydroxylation is 2. The number of carbonyl (C=O) groups excluding carboxylic acids is 1. The topological polar surface area (TPSA) is 62.0 Å². The number of aromatic nitrogens is 1. The van der Waals surface area contributed by atoms with Crippen LogP contribution in [0, 0.1) is 19.8 Å². The molecule has 0 saturated heterocycles. The Labute approximate surface area is 135 Å². The van der Waals surface area contributed by atoms with Crippen molar-refractivity contribution in [2.75, 3.05) is 0 Å². The molecule has 120 valence electrons. The van der Waals surface area contributed by atoms with E-state index in [1.165, 1.54) is 5.56 Å². The van der Waals surface area contributed by atoms with Gasteiger partial charge in [0.2, 0.25) is 5.91 Å². The number of carbonyl (C=O) groups is 1. The number of rotatable bonds is 4. The van der Waals surface area contributed by atoms with Gasteiger partial charge >= 0.3 is 0 Å². The Bertz CT molecular complexity index is 759. The van der Waals surface area contributed by atoms with E-state index in [9.17, 15) is 9.59 Å². The van der Waals surface area contributed by atoms with Crippen molar-refractivity contribution in [3.63, 3.8) is 0 Å². The van der Waals surface area contributed by atoms with Crippen molar-refractivity contribution < 1.29 is 4.79 Å². The molecule has 4 nitrogen and oxygen atoms in total. The molecule has 0 bridgehead atoms. The molecule has 1 heterocycles. The molecule has 1 aromatic carbocycles. The van der Waals surface area contributed by atoms with Crippen LogP contribution in [0.1, 0.15) is 41.1 Å². The van der Waals surface area contributed by atoms with E-state index in [4.69, 9.17) is 0 Å². The van der Waals surface area contributed by atoms with Crippen LogP contribution in [-0.4, -0.2) is 10.9 Å². The van der Waals surface area contributed by atoms with Crippen LogP contribution >= 0.6 is 0 Å². The second-order valence-electron chi connectivity index (χ2n) is 6.44. The largest absolute Gasteiger partial charge is 0.352 e. The highest BCUT2D eigenvalue weighted by molar-refractivity contribution is 5.79. The molecule has 2 N–H and O–H groups in total. The maximum absolute atomic E-state index is 12.2. The maximum Gasteiger partial charge on any atom is 0.253 e. The normalized spacial score (nSPS) is 19.9. The summed E-state index contributed by atoms with van der Waals surface area (Å²) in [5.74, 6) is 0.595. The van der Waals surface area contributed by atoms with Gasteiger partial charge in [0.15, 0.2) is 0 Å².